The number of hydrogen-bond acceptors (Lipinski definition) is 4. The SMILES string of the molecule is CC(=O)NCCc1ccc(OC2CCC(OCc3cccc(C=O)c3)CC2)cc1-c1cccc(F)c1. The minimum Gasteiger partial charge on any atom is -0.490 e. The molecule has 1 amide bonds. The van der Waals surface area contributed by atoms with Gasteiger partial charge in [0.05, 0.1) is 18.8 Å². The maximum absolute atomic E-state index is 13.9. The second-order valence-corrected chi connectivity index (χ2v) is 9.25. The molecule has 1 aliphatic rings. The summed E-state index contributed by atoms with van der Waals surface area (Å²) in [7, 11) is 0. The third kappa shape index (κ3) is 7.25. The molecule has 0 bridgehead atoms. The fourth-order valence-electron chi connectivity index (χ4n) is 4.62. The molecule has 3 aromatic rings. The summed E-state index contributed by atoms with van der Waals surface area (Å²) in [5.41, 5.74) is 4.38. The lowest BCUT2D eigenvalue weighted by Crippen LogP contribution is -2.28. The lowest BCUT2D eigenvalue weighted by molar-refractivity contribution is -0.118. The van der Waals surface area contributed by atoms with Crippen molar-refractivity contribution >= 4 is 12.2 Å². The van der Waals surface area contributed by atoms with Gasteiger partial charge < -0.3 is 14.8 Å². The highest BCUT2D eigenvalue weighted by molar-refractivity contribution is 5.75. The van der Waals surface area contributed by atoms with Gasteiger partial charge in [0.2, 0.25) is 5.91 Å². The van der Waals surface area contributed by atoms with Gasteiger partial charge in [0.15, 0.2) is 0 Å². The average Bonchev–Trinajstić information content (AvgIpc) is 2.89. The molecule has 0 unspecified atom stereocenters. The number of carbonyl (C=O) groups is 2. The van der Waals surface area contributed by atoms with Crippen LogP contribution in [0, 0.1) is 5.82 Å². The van der Waals surface area contributed by atoms with Crippen LogP contribution in [0.1, 0.15) is 54.1 Å². The second-order valence-electron chi connectivity index (χ2n) is 9.25. The van der Waals surface area contributed by atoms with Crippen LogP contribution in [0.5, 0.6) is 5.75 Å². The fraction of sp³-hybridized carbons (Fsp3) is 0.333. The van der Waals surface area contributed by atoms with Crippen molar-refractivity contribution in [2.45, 2.75) is 57.8 Å². The number of carbonyl (C=O) groups excluding carboxylic acids is 2. The molecule has 4 rings (SSSR count). The number of benzene rings is 3. The first-order valence-electron chi connectivity index (χ1n) is 12.5. The predicted molar refractivity (Wildman–Crippen MR) is 138 cm³/mol. The highest BCUT2D eigenvalue weighted by Crippen LogP contribution is 2.32. The maximum atomic E-state index is 13.9. The molecule has 1 N–H and O–H groups in total. The minimum absolute atomic E-state index is 0.0728. The molecule has 1 saturated carbocycles. The van der Waals surface area contributed by atoms with Crippen LogP contribution >= 0.6 is 0 Å². The number of halogens is 1. The Balaban J connectivity index is 1.36. The van der Waals surface area contributed by atoms with Crippen molar-refractivity contribution in [3.05, 3.63) is 89.2 Å². The van der Waals surface area contributed by atoms with Crippen LogP contribution in [-0.2, 0) is 22.6 Å². The summed E-state index contributed by atoms with van der Waals surface area (Å²) >= 11 is 0. The first kappa shape index (κ1) is 25.6. The number of nitrogens with one attached hydrogen (secondary N) is 1. The van der Waals surface area contributed by atoms with Gasteiger partial charge in [-0.3, -0.25) is 9.59 Å². The maximum Gasteiger partial charge on any atom is 0.216 e. The van der Waals surface area contributed by atoms with E-state index in [0.717, 1.165) is 60.0 Å². The van der Waals surface area contributed by atoms with Crippen LogP contribution < -0.4 is 10.1 Å². The summed E-state index contributed by atoms with van der Waals surface area (Å²) in [4.78, 5) is 22.2. The second kappa shape index (κ2) is 12.5. The standard InChI is InChI=1S/C30H32FNO4/c1-21(34)32-15-14-24-8-9-29(18-30(24)25-6-3-7-26(31)17-25)36-28-12-10-27(11-13-28)35-20-23-5-2-4-22(16-23)19-33/h2-9,16-19,27-28H,10-15,20H2,1H3,(H,32,34). The Morgan fingerprint density at radius 3 is 2.53 bits per heavy atom. The van der Waals surface area contributed by atoms with Crippen LogP contribution in [0.15, 0.2) is 66.7 Å². The van der Waals surface area contributed by atoms with E-state index in [2.05, 4.69) is 5.32 Å². The fourth-order valence-corrected chi connectivity index (χ4v) is 4.62. The summed E-state index contributed by atoms with van der Waals surface area (Å²) < 4.78 is 26.4. The quantitative estimate of drug-likeness (QED) is 0.361. The normalized spacial score (nSPS) is 17.4. The monoisotopic (exact) mass is 489 g/mol. The molecule has 188 valence electrons. The van der Waals surface area contributed by atoms with Crippen molar-refractivity contribution in [1.82, 2.24) is 5.32 Å². The van der Waals surface area contributed by atoms with Crippen molar-refractivity contribution in [1.29, 1.82) is 0 Å². The van der Waals surface area contributed by atoms with Crippen LogP contribution in [0.2, 0.25) is 0 Å². The third-order valence-electron chi connectivity index (χ3n) is 6.48. The van der Waals surface area contributed by atoms with Crippen molar-refractivity contribution in [2.75, 3.05) is 6.54 Å². The van der Waals surface area contributed by atoms with E-state index in [1.54, 1.807) is 12.1 Å². The van der Waals surface area contributed by atoms with Crippen molar-refractivity contribution < 1.29 is 23.5 Å². The predicted octanol–water partition coefficient (Wildman–Crippen LogP) is 5.89. The van der Waals surface area contributed by atoms with Gasteiger partial charge in [-0.2, -0.15) is 0 Å². The number of rotatable bonds is 10. The summed E-state index contributed by atoms with van der Waals surface area (Å²) in [5, 5.41) is 2.82. The molecular formula is C30H32FNO4. The van der Waals surface area contributed by atoms with Gasteiger partial charge in [0.1, 0.15) is 17.9 Å². The molecule has 0 heterocycles. The van der Waals surface area contributed by atoms with E-state index in [9.17, 15) is 14.0 Å². The largest absolute Gasteiger partial charge is 0.490 e. The summed E-state index contributed by atoms with van der Waals surface area (Å²) in [6, 6.07) is 20.0. The number of amides is 1. The van der Waals surface area contributed by atoms with Gasteiger partial charge in [-0.25, -0.2) is 4.39 Å². The molecule has 3 aromatic carbocycles. The highest BCUT2D eigenvalue weighted by atomic mass is 19.1. The zero-order valence-electron chi connectivity index (χ0n) is 20.5. The molecule has 0 atom stereocenters. The molecule has 6 heteroatoms. The first-order chi connectivity index (χ1) is 17.5. The van der Waals surface area contributed by atoms with Gasteiger partial charge in [-0.15, -0.1) is 0 Å². The van der Waals surface area contributed by atoms with Gasteiger partial charge in [-0.05, 0) is 84.7 Å². The molecule has 1 aliphatic carbocycles. The molecule has 0 radical (unpaired) electrons. The smallest absolute Gasteiger partial charge is 0.216 e. The Labute approximate surface area is 211 Å². The Hall–Kier alpha value is -3.51. The molecule has 1 fully saturated rings. The van der Waals surface area contributed by atoms with Crippen molar-refractivity contribution in [2.24, 2.45) is 0 Å². The lowest BCUT2D eigenvalue weighted by Gasteiger charge is -2.29. The Kier molecular flexibility index (Phi) is 8.85. The minimum atomic E-state index is -0.289. The van der Waals surface area contributed by atoms with Gasteiger partial charge in [0, 0.05) is 19.0 Å². The van der Waals surface area contributed by atoms with E-state index in [1.807, 2.05) is 42.5 Å². The summed E-state index contributed by atoms with van der Waals surface area (Å²) in [6.07, 6.45) is 5.34. The number of hydrogen-bond donors (Lipinski definition) is 1. The van der Waals surface area contributed by atoms with Gasteiger partial charge in [0.25, 0.3) is 0 Å². The van der Waals surface area contributed by atoms with Crippen molar-refractivity contribution in [3.8, 4) is 16.9 Å². The summed E-state index contributed by atoms with van der Waals surface area (Å²) in [5.74, 6) is 0.395. The van der Waals surface area contributed by atoms with E-state index in [4.69, 9.17) is 9.47 Å². The molecule has 0 aliphatic heterocycles. The number of aldehydes is 1. The molecule has 0 aromatic heterocycles. The van der Waals surface area contributed by atoms with E-state index in [0.29, 0.717) is 25.1 Å². The molecule has 0 saturated heterocycles. The van der Waals surface area contributed by atoms with Gasteiger partial charge >= 0.3 is 0 Å². The Bertz CT molecular complexity index is 1190. The van der Waals surface area contributed by atoms with Gasteiger partial charge in [-0.1, -0.05) is 36.4 Å². The van der Waals surface area contributed by atoms with Crippen molar-refractivity contribution in [3.63, 3.8) is 0 Å². The Morgan fingerprint density at radius 1 is 1.00 bits per heavy atom. The van der Waals surface area contributed by atoms with Crippen LogP contribution in [0.25, 0.3) is 11.1 Å². The molecule has 0 spiro atoms. The van der Waals surface area contributed by atoms with Crippen LogP contribution in [0.4, 0.5) is 4.39 Å². The lowest BCUT2D eigenvalue weighted by atomic mass is 9.94. The van der Waals surface area contributed by atoms with Crippen LogP contribution in [-0.4, -0.2) is 30.9 Å². The molecular weight excluding hydrogens is 457 g/mol. The van der Waals surface area contributed by atoms with E-state index in [1.165, 1.54) is 19.1 Å². The molecule has 36 heavy (non-hydrogen) atoms. The van der Waals surface area contributed by atoms with E-state index in [-0.39, 0.29) is 23.9 Å². The highest BCUT2D eigenvalue weighted by Gasteiger charge is 2.23. The molecule has 5 nitrogen and oxygen atoms in total. The van der Waals surface area contributed by atoms with E-state index < -0.39 is 0 Å². The zero-order chi connectivity index (χ0) is 25.3. The average molecular weight is 490 g/mol. The zero-order valence-corrected chi connectivity index (χ0v) is 20.5. The third-order valence-corrected chi connectivity index (χ3v) is 6.48. The Morgan fingerprint density at radius 2 is 1.78 bits per heavy atom. The van der Waals surface area contributed by atoms with Crippen LogP contribution in [0.3, 0.4) is 0 Å². The number of ether oxygens (including phenoxy) is 2. The van der Waals surface area contributed by atoms with E-state index >= 15 is 0 Å². The topological polar surface area (TPSA) is 64.6 Å². The first-order valence-corrected chi connectivity index (χ1v) is 12.5. The summed E-state index contributed by atoms with van der Waals surface area (Å²) in [6.45, 7) is 2.51.